The quantitative estimate of drug-likeness (QED) is 0.465. The fourth-order valence-electron chi connectivity index (χ4n) is 3.01. The number of fused-ring (bicyclic) bond motifs is 1. The highest BCUT2D eigenvalue weighted by molar-refractivity contribution is 7.98. The number of nitrogens with one attached hydrogen (secondary N) is 2. The summed E-state index contributed by atoms with van der Waals surface area (Å²) in [6, 6.07) is 14.8. The maximum Gasteiger partial charge on any atom is 0.258 e. The fraction of sp³-hybridized carbons (Fsp3) is 0.190. The SMILES string of the molecule is Cc1ccccc1NC(=O)Cc1nnc(SCc2nc3ccccc3c(=O)[nH]2)n1C. The molecule has 0 unspecified atom stereocenters. The molecule has 8 nitrogen and oxygen atoms in total. The first-order chi connectivity index (χ1) is 14.5. The summed E-state index contributed by atoms with van der Waals surface area (Å²) in [5.41, 5.74) is 2.27. The molecule has 0 fully saturated rings. The highest BCUT2D eigenvalue weighted by Gasteiger charge is 2.14. The van der Waals surface area contributed by atoms with Gasteiger partial charge in [-0.1, -0.05) is 42.1 Å². The van der Waals surface area contributed by atoms with Crippen LogP contribution in [0.25, 0.3) is 10.9 Å². The number of aryl methyl sites for hydroxylation is 1. The molecule has 2 N–H and O–H groups in total. The van der Waals surface area contributed by atoms with E-state index in [1.165, 1.54) is 11.8 Å². The molecule has 0 bridgehead atoms. The molecule has 152 valence electrons. The molecule has 2 heterocycles. The normalized spacial score (nSPS) is 11.0. The third kappa shape index (κ3) is 4.25. The largest absolute Gasteiger partial charge is 0.325 e. The fourth-order valence-corrected chi connectivity index (χ4v) is 3.81. The number of H-pyrrole nitrogens is 1. The molecule has 9 heteroatoms. The molecule has 4 rings (SSSR count). The van der Waals surface area contributed by atoms with Crippen LogP contribution in [-0.4, -0.2) is 30.6 Å². The van der Waals surface area contributed by atoms with Crippen molar-refractivity contribution in [1.82, 2.24) is 24.7 Å². The lowest BCUT2D eigenvalue weighted by atomic mass is 10.2. The van der Waals surface area contributed by atoms with Gasteiger partial charge in [0.15, 0.2) is 5.16 Å². The Morgan fingerprint density at radius 2 is 1.90 bits per heavy atom. The van der Waals surface area contributed by atoms with Gasteiger partial charge < -0.3 is 14.9 Å². The van der Waals surface area contributed by atoms with Crippen LogP contribution in [0.5, 0.6) is 0 Å². The second-order valence-corrected chi connectivity index (χ2v) is 7.76. The third-order valence-electron chi connectivity index (χ3n) is 4.66. The van der Waals surface area contributed by atoms with E-state index in [0.717, 1.165) is 11.3 Å². The smallest absolute Gasteiger partial charge is 0.258 e. The molecular weight excluding hydrogens is 400 g/mol. The van der Waals surface area contributed by atoms with Crippen molar-refractivity contribution >= 4 is 34.3 Å². The lowest BCUT2D eigenvalue weighted by Gasteiger charge is -2.08. The van der Waals surface area contributed by atoms with Gasteiger partial charge in [-0.05, 0) is 30.7 Å². The summed E-state index contributed by atoms with van der Waals surface area (Å²) in [6.07, 6.45) is 0.115. The standard InChI is InChI=1S/C21H20N6O2S/c1-13-7-3-5-9-15(13)23-19(28)11-18-25-26-21(27(18)2)30-12-17-22-16-10-6-4-8-14(16)20(29)24-17/h3-10H,11-12H2,1-2H3,(H,23,28)(H,22,24,29). The minimum absolute atomic E-state index is 0.115. The summed E-state index contributed by atoms with van der Waals surface area (Å²) in [6.45, 7) is 1.94. The van der Waals surface area contributed by atoms with Crippen molar-refractivity contribution < 1.29 is 4.79 Å². The van der Waals surface area contributed by atoms with Gasteiger partial charge in [-0.25, -0.2) is 4.98 Å². The molecule has 0 saturated heterocycles. The van der Waals surface area contributed by atoms with Crippen LogP contribution in [0.1, 0.15) is 17.2 Å². The maximum absolute atomic E-state index is 12.4. The topological polar surface area (TPSA) is 106 Å². The number of para-hydroxylation sites is 2. The van der Waals surface area contributed by atoms with E-state index in [1.807, 2.05) is 56.4 Å². The van der Waals surface area contributed by atoms with Gasteiger partial charge in [-0.3, -0.25) is 9.59 Å². The van der Waals surface area contributed by atoms with Gasteiger partial charge in [-0.2, -0.15) is 0 Å². The van der Waals surface area contributed by atoms with Crippen molar-refractivity contribution in [3.05, 3.63) is 76.1 Å². The molecule has 0 spiro atoms. The van der Waals surface area contributed by atoms with Gasteiger partial charge in [0.2, 0.25) is 5.91 Å². The monoisotopic (exact) mass is 420 g/mol. The van der Waals surface area contributed by atoms with Gasteiger partial charge in [0, 0.05) is 12.7 Å². The molecule has 0 radical (unpaired) electrons. The Balaban J connectivity index is 1.43. The average Bonchev–Trinajstić information content (AvgIpc) is 3.07. The number of anilines is 1. The van der Waals surface area contributed by atoms with E-state index in [-0.39, 0.29) is 17.9 Å². The number of carbonyl (C=O) groups is 1. The molecule has 0 aliphatic rings. The van der Waals surface area contributed by atoms with Crippen LogP contribution in [-0.2, 0) is 24.0 Å². The number of hydrogen-bond donors (Lipinski definition) is 2. The Morgan fingerprint density at radius 1 is 1.13 bits per heavy atom. The van der Waals surface area contributed by atoms with Crippen LogP contribution in [0.2, 0.25) is 0 Å². The molecule has 0 saturated carbocycles. The molecule has 1 amide bonds. The Morgan fingerprint density at radius 3 is 2.73 bits per heavy atom. The van der Waals surface area contributed by atoms with Crippen molar-refractivity contribution in [2.45, 2.75) is 24.3 Å². The Kier molecular flexibility index (Phi) is 5.62. The van der Waals surface area contributed by atoms with Gasteiger partial charge in [0.25, 0.3) is 5.56 Å². The second-order valence-electron chi connectivity index (χ2n) is 6.82. The van der Waals surface area contributed by atoms with Crippen LogP contribution in [0.4, 0.5) is 5.69 Å². The Bertz CT molecular complexity index is 1280. The number of aromatic amines is 1. The molecule has 0 atom stereocenters. The first-order valence-corrected chi connectivity index (χ1v) is 10.3. The molecular formula is C21H20N6O2S. The number of nitrogens with zero attached hydrogens (tertiary/aromatic N) is 4. The van der Waals surface area contributed by atoms with Crippen LogP contribution < -0.4 is 10.9 Å². The highest BCUT2D eigenvalue weighted by Crippen LogP contribution is 2.20. The first-order valence-electron chi connectivity index (χ1n) is 9.36. The number of carbonyl (C=O) groups excluding carboxylic acids is 1. The van der Waals surface area contributed by atoms with Crippen molar-refractivity contribution in [3.8, 4) is 0 Å². The van der Waals surface area contributed by atoms with Crippen LogP contribution in [0.3, 0.4) is 0 Å². The van der Waals surface area contributed by atoms with Crippen molar-refractivity contribution in [2.24, 2.45) is 7.05 Å². The summed E-state index contributed by atoms with van der Waals surface area (Å²) in [5, 5.41) is 12.4. The van der Waals surface area contributed by atoms with E-state index < -0.39 is 0 Å². The van der Waals surface area contributed by atoms with E-state index >= 15 is 0 Å². The first kappa shape index (κ1) is 19.8. The van der Waals surface area contributed by atoms with E-state index in [4.69, 9.17) is 0 Å². The third-order valence-corrected chi connectivity index (χ3v) is 5.69. The van der Waals surface area contributed by atoms with E-state index in [0.29, 0.717) is 33.5 Å². The maximum atomic E-state index is 12.4. The predicted molar refractivity (Wildman–Crippen MR) is 116 cm³/mol. The summed E-state index contributed by atoms with van der Waals surface area (Å²) in [7, 11) is 1.81. The van der Waals surface area contributed by atoms with E-state index in [1.54, 1.807) is 10.6 Å². The van der Waals surface area contributed by atoms with Crippen molar-refractivity contribution in [2.75, 3.05) is 5.32 Å². The number of aromatic nitrogens is 5. The van der Waals surface area contributed by atoms with E-state index in [9.17, 15) is 9.59 Å². The number of rotatable bonds is 6. The van der Waals surface area contributed by atoms with Gasteiger partial charge in [0.1, 0.15) is 11.6 Å². The number of hydrogen-bond acceptors (Lipinski definition) is 6. The van der Waals surface area contributed by atoms with Crippen LogP contribution in [0, 0.1) is 6.92 Å². The summed E-state index contributed by atoms with van der Waals surface area (Å²) >= 11 is 1.40. The molecule has 2 aromatic heterocycles. The summed E-state index contributed by atoms with van der Waals surface area (Å²) < 4.78 is 1.78. The number of amides is 1. The highest BCUT2D eigenvalue weighted by atomic mass is 32.2. The van der Waals surface area contributed by atoms with Gasteiger partial charge in [-0.15, -0.1) is 10.2 Å². The predicted octanol–water partition coefficient (Wildman–Crippen LogP) is 2.83. The molecule has 0 aliphatic carbocycles. The molecule has 2 aromatic carbocycles. The zero-order valence-corrected chi connectivity index (χ0v) is 17.4. The zero-order valence-electron chi connectivity index (χ0n) is 16.5. The van der Waals surface area contributed by atoms with Crippen LogP contribution in [0.15, 0.2) is 58.5 Å². The van der Waals surface area contributed by atoms with Crippen molar-refractivity contribution in [3.63, 3.8) is 0 Å². The van der Waals surface area contributed by atoms with E-state index in [2.05, 4.69) is 25.5 Å². The minimum Gasteiger partial charge on any atom is -0.325 e. The number of benzene rings is 2. The van der Waals surface area contributed by atoms with Gasteiger partial charge >= 0.3 is 0 Å². The summed E-state index contributed by atoms with van der Waals surface area (Å²) in [4.78, 5) is 31.9. The molecule has 30 heavy (non-hydrogen) atoms. The average molecular weight is 420 g/mol. The van der Waals surface area contributed by atoms with Crippen LogP contribution >= 0.6 is 11.8 Å². The second kappa shape index (κ2) is 8.50. The Labute approximate surface area is 176 Å². The lowest BCUT2D eigenvalue weighted by molar-refractivity contribution is -0.115. The molecule has 0 aliphatic heterocycles. The van der Waals surface area contributed by atoms with Crippen molar-refractivity contribution in [1.29, 1.82) is 0 Å². The summed E-state index contributed by atoms with van der Waals surface area (Å²) in [5.74, 6) is 1.40. The molecule has 4 aromatic rings. The zero-order chi connectivity index (χ0) is 21.1. The number of thioether (sulfide) groups is 1. The Hall–Kier alpha value is -3.46. The lowest BCUT2D eigenvalue weighted by Crippen LogP contribution is -2.17. The minimum atomic E-state index is -0.164. The van der Waals surface area contributed by atoms with Gasteiger partial charge in [0.05, 0.1) is 23.1 Å².